The number of phenols is 1. The molecule has 94 valence electrons. The topological polar surface area (TPSA) is 89.4 Å². The molecule has 0 spiro atoms. The van der Waals surface area contributed by atoms with Crippen LogP contribution in [0.25, 0.3) is 0 Å². The van der Waals surface area contributed by atoms with Gasteiger partial charge in [0.15, 0.2) is 5.75 Å². The molecule has 3 N–H and O–H groups in total. The second-order valence-electron chi connectivity index (χ2n) is 4.22. The van der Waals surface area contributed by atoms with Gasteiger partial charge in [-0.3, -0.25) is 10.1 Å². The van der Waals surface area contributed by atoms with Crippen molar-refractivity contribution in [2.45, 2.75) is 25.3 Å². The van der Waals surface area contributed by atoms with Gasteiger partial charge in [-0.1, -0.05) is 12.5 Å². The summed E-state index contributed by atoms with van der Waals surface area (Å²) >= 11 is 0. The van der Waals surface area contributed by atoms with Gasteiger partial charge in [0.25, 0.3) is 0 Å². The average molecular weight is 259 g/mol. The van der Waals surface area contributed by atoms with Gasteiger partial charge in [0.2, 0.25) is 0 Å². The van der Waals surface area contributed by atoms with E-state index in [1.54, 1.807) is 6.07 Å². The second kappa shape index (κ2) is 5.33. The summed E-state index contributed by atoms with van der Waals surface area (Å²) in [6.07, 6.45) is 3.34. The molecule has 0 unspecified atom stereocenters. The molecule has 1 aromatic rings. The monoisotopic (exact) mass is 258 g/mol. The molecule has 1 saturated carbocycles. The number of halogens is 1. The van der Waals surface area contributed by atoms with Crippen LogP contribution in [0.1, 0.15) is 30.9 Å². The highest BCUT2D eigenvalue weighted by molar-refractivity contribution is 5.85. The van der Waals surface area contributed by atoms with E-state index in [9.17, 15) is 15.2 Å². The molecule has 1 aromatic carbocycles. The molecule has 1 aliphatic carbocycles. The summed E-state index contributed by atoms with van der Waals surface area (Å²) < 4.78 is 0. The van der Waals surface area contributed by atoms with E-state index >= 15 is 0 Å². The summed E-state index contributed by atoms with van der Waals surface area (Å²) in [7, 11) is 0. The summed E-state index contributed by atoms with van der Waals surface area (Å²) in [4.78, 5) is 10.1. The van der Waals surface area contributed by atoms with Crippen LogP contribution in [0.2, 0.25) is 0 Å². The fraction of sp³-hybridized carbons (Fsp3) is 0.455. The molecule has 0 bridgehead atoms. The maximum absolute atomic E-state index is 10.7. The zero-order valence-corrected chi connectivity index (χ0v) is 10.0. The lowest BCUT2D eigenvalue weighted by Crippen LogP contribution is -2.26. The van der Waals surface area contributed by atoms with Gasteiger partial charge in [-0.05, 0) is 30.4 Å². The molecule has 1 aliphatic rings. The molecule has 0 aromatic heterocycles. The minimum Gasteiger partial charge on any atom is -0.502 e. The third-order valence-corrected chi connectivity index (χ3v) is 3.24. The Morgan fingerprint density at radius 3 is 2.59 bits per heavy atom. The summed E-state index contributed by atoms with van der Waals surface area (Å²) in [6, 6.07) is 4.21. The van der Waals surface area contributed by atoms with E-state index in [0.717, 1.165) is 18.4 Å². The SMILES string of the molecule is Cl.N[C@@H](c1ccc(O)c([N+](=O)[O-])c1)C1CCC1. The highest BCUT2D eigenvalue weighted by Crippen LogP contribution is 2.38. The van der Waals surface area contributed by atoms with Gasteiger partial charge in [-0.25, -0.2) is 0 Å². The zero-order chi connectivity index (χ0) is 11.7. The van der Waals surface area contributed by atoms with Crippen LogP contribution < -0.4 is 5.73 Å². The standard InChI is InChI=1S/C11H14N2O3.ClH/c12-11(7-2-1-3-7)8-4-5-10(14)9(6-8)13(15)16;/h4-7,11,14H,1-3,12H2;1H/t11-;/m1./s1. The van der Waals surface area contributed by atoms with E-state index in [2.05, 4.69) is 0 Å². The maximum Gasteiger partial charge on any atom is 0.311 e. The molecule has 1 atom stereocenters. The van der Waals surface area contributed by atoms with Crippen LogP contribution in [0.5, 0.6) is 5.75 Å². The highest BCUT2D eigenvalue weighted by Gasteiger charge is 2.27. The maximum atomic E-state index is 10.7. The number of hydrogen-bond acceptors (Lipinski definition) is 4. The Bertz CT molecular complexity index is 421. The molecule has 2 rings (SSSR count). The Morgan fingerprint density at radius 1 is 1.47 bits per heavy atom. The first kappa shape index (κ1) is 13.7. The van der Waals surface area contributed by atoms with Crippen LogP contribution in [0.3, 0.4) is 0 Å². The van der Waals surface area contributed by atoms with Gasteiger partial charge >= 0.3 is 5.69 Å². The molecule has 5 nitrogen and oxygen atoms in total. The summed E-state index contributed by atoms with van der Waals surface area (Å²) in [6.45, 7) is 0. The first-order chi connectivity index (χ1) is 7.59. The van der Waals surface area contributed by atoms with E-state index in [4.69, 9.17) is 5.73 Å². The highest BCUT2D eigenvalue weighted by atomic mass is 35.5. The quantitative estimate of drug-likeness (QED) is 0.644. The van der Waals surface area contributed by atoms with Gasteiger partial charge in [0.1, 0.15) is 0 Å². The minimum atomic E-state index is -0.591. The second-order valence-corrected chi connectivity index (χ2v) is 4.22. The molecule has 0 aliphatic heterocycles. The minimum absolute atomic E-state index is 0. The number of aromatic hydroxyl groups is 1. The van der Waals surface area contributed by atoms with E-state index in [0.29, 0.717) is 5.92 Å². The number of rotatable bonds is 3. The van der Waals surface area contributed by atoms with Crippen molar-refractivity contribution < 1.29 is 10.0 Å². The van der Waals surface area contributed by atoms with E-state index in [1.807, 2.05) is 0 Å². The smallest absolute Gasteiger partial charge is 0.311 e. The molecule has 0 radical (unpaired) electrons. The molecule has 6 heteroatoms. The largest absolute Gasteiger partial charge is 0.502 e. The molecule has 0 amide bonds. The van der Waals surface area contributed by atoms with Crippen LogP contribution >= 0.6 is 12.4 Å². The number of phenolic OH excluding ortho intramolecular Hbond substituents is 1. The average Bonchev–Trinajstić information content (AvgIpc) is 2.15. The van der Waals surface area contributed by atoms with Crippen molar-refractivity contribution in [3.63, 3.8) is 0 Å². The Morgan fingerprint density at radius 2 is 2.12 bits per heavy atom. The Kier molecular flexibility index (Phi) is 4.31. The summed E-state index contributed by atoms with van der Waals surface area (Å²) in [5.74, 6) is 0.110. The lowest BCUT2D eigenvalue weighted by Gasteiger charge is -2.31. The predicted molar refractivity (Wildman–Crippen MR) is 66.3 cm³/mol. The van der Waals surface area contributed by atoms with Gasteiger partial charge in [-0.2, -0.15) is 0 Å². The summed E-state index contributed by atoms with van der Waals surface area (Å²) in [5, 5.41) is 20.0. The van der Waals surface area contributed by atoms with E-state index in [-0.39, 0.29) is 29.9 Å². The summed E-state index contributed by atoms with van der Waals surface area (Å²) in [5.41, 5.74) is 6.47. The normalized spacial score (nSPS) is 16.8. The molecular formula is C11H15ClN2O3. The molecule has 1 fully saturated rings. The van der Waals surface area contributed by atoms with Gasteiger partial charge < -0.3 is 10.8 Å². The van der Waals surface area contributed by atoms with Crippen LogP contribution in [0.15, 0.2) is 18.2 Å². The van der Waals surface area contributed by atoms with Gasteiger partial charge in [0.05, 0.1) is 4.92 Å². The fourth-order valence-corrected chi connectivity index (χ4v) is 1.97. The van der Waals surface area contributed by atoms with Gasteiger partial charge in [-0.15, -0.1) is 12.4 Å². The number of benzene rings is 1. The third kappa shape index (κ3) is 2.68. The number of nitro groups is 1. The van der Waals surface area contributed by atoms with E-state index in [1.165, 1.54) is 18.6 Å². The van der Waals surface area contributed by atoms with Crippen LogP contribution in [0.4, 0.5) is 5.69 Å². The number of nitrogens with zero attached hydrogens (tertiary/aromatic N) is 1. The van der Waals surface area contributed by atoms with Crippen molar-refractivity contribution in [3.8, 4) is 5.75 Å². The fourth-order valence-electron chi connectivity index (χ4n) is 1.97. The first-order valence-corrected chi connectivity index (χ1v) is 5.32. The Hall–Kier alpha value is -1.33. The lowest BCUT2D eigenvalue weighted by molar-refractivity contribution is -0.385. The third-order valence-electron chi connectivity index (χ3n) is 3.24. The van der Waals surface area contributed by atoms with Crippen molar-refractivity contribution in [2.24, 2.45) is 11.7 Å². The number of hydrogen-bond donors (Lipinski definition) is 2. The van der Waals surface area contributed by atoms with Crippen molar-refractivity contribution in [1.82, 2.24) is 0 Å². The van der Waals surface area contributed by atoms with Gasteiger partial charge in [0, 0.05) is 12.1 Å². The van der Waals surface area contributed by atoms with Crippen molar-refractivity contribution in [2.75, 3.05) is 0 Å². The molecule has 0 heterocycles. The molecule has 17 heavy (non-hydrogen) atoms. The predicted octanol–water partition coefficient (Wildman–Crippen LogP) is 2.52. The van der Waals surface area contributed by atoms with Crippen LogP contribution in [-0.4, -0.2) is 10.0 Å². The number of nitro benzene ring substituents is 1. The Balaban J connectivity index is 0.00000144. The zero-order valence-electron chi connectivity index (χ0n) is 9.20. The van der Waals surface area contributed by atoms with Crippen LogP contribution in [0, 0.1) is 16.0 Å². The first-order valence-electron chi connectivity index (χ1n) is 5.32. The van der Waals surface area contributed by atoms with Crippen LogP contribution in [-0.2, 0) is 0 Å². The number of nitrogens with two attached hydrogens (primary N) is 1. The molecular weight excluding hydrogens is 244 g/mol. The van der Waals surface area contributed by atoms with Crippen molar-refractivity contribution in [3.05, 3.63) is 33.9 Å². The lowest BCUT2D eigenvalue weighted by atomic mass is 9.77. The van der Waals surface area contributed by atoms with E-state index < -0.39 is 4.92 Å². The van der Waals surface area contributed by atoms with Crippen molar-refractivity contribution in [1.29, 1.82) is 0 Å². The molecule has 0 saturated heterocycles. The Labute approximate surface area is 105 Å². The van der Waals surface area contributed by atoms with Crippen molar-refractivity contribution >= 4 is 18.1 Å².